The van der Waals surface area contributed by atoms with E-state index < -0.39 is 10.0 Å². The highest BCUT2D eigenvalue weighted by Crippen LogP contribution is 2.26. The monoisotopic (exact) mass is 316 g/mol. The molecule has 2 aromatic rings. The van der Waals surface area contributed by atoms with Crippen LogP contribution in [-0.2, 0) is 10.0 Å². The van der Waals surface area contributed by atoms with Crippen molar-refractivity contribution in [3.63, 3.8) is 0 Å². The molecule has 0 spiro atoms. The molecule has 110 valence electrons. The topological polar surface area (TPSA) is 78.1 Å². The van der Waals surface area contributed by atoms with Crippen LogP contribution in [0.15, 0.2) is 29.4 Å². The summed E-state index contributed by atoms with van der Waals surface area (Å²) in [7, 11) is -1.59. The molecule has 0 saturated carbocycles. The molecule has 0 aliphatic carbocycles. The van der Waals surface area contributed by atoms with Gasteiger partial charge in [-0.2, -0.15) is 4.31 Å². The molecule has 0 bridgehead atoms. The van der Waals surface area contributed by atoms with Crippen LogP contribution in [0, 0.1) is 0 Å². The van der Waals surface area contributed by atoms with Crippen LogP contribution in [0.2, 0.25) is 0 Å². The van der Waals surface area contributed by atoms with E-state index in [1.54, 1.807) is 18.3 Å². The van der Waals surface area contributed by atoms with Crippen LogP contribution in [0.25, 0.3) is 11.0 Å². The number of fused-ring (bicyclic) bond motifs is 1. The minimum absolute atomic E-state index is 0. The molecule has 2 N–H and O–H groups in total. The molecule has 3 rings (SSSR count). The fourth-order valence-electron chi connectivity index (χ4n) is 2.47. The van der Waals surface area contributed by atoms with Crippen molar-refractivity contribution >= 4 is 33.5 Å². The van der Waals surface area contributed by atoms with Gasteiger partial charge in [0.25, 0.3) is 0 Å². The maximum atomic E-state index is 12.6. The molecule has 2 aromatic heterocycles. The average molecular weight is 317 g/mol. The first kappa shape index (κ1) is 15.2. The molecule has 1 fully saturated rings. The maximum absolute atomic E-state index is 12.6. The zero-order valence-electron chi connectivity index (χ0n) is 11.0. The molecule has 1 unspecified atom stereocenters. The van der Waals surface area contributed by atoms with E-state index in [0.29, 0.717) is 29.0 Å². The zero-order chi connectivity index (χ0) is 13.5. The molecule has 1 aliphatic rings. The molecule has 8 heteroatoms. The Morgan fingerprint density at radius 3 is 3.00 bits per heavy atom. The Labute approximate surface area is 124 Å². The fourth-order valence-corrected chi connectivity index (χ4v) is 4.12. The normalized spacial score (nSPS) is 20.1. The smallest absolute Gasteiger partial charge is 0.245 e. The second-order valence-corrected chi connectivity index (χ2v) is 6.60. The van der Waals surface area contributed by atoms with Gasteiger partial charge in [0.1, 0.15) is 10.5 Å². The van der Waals surface area contributed by atoms with E-state index in [2.05, 4.69) is 15.3 Å². The van der Waals surface area contributed by atoms with Crippen molar-refractivity contribution in [3.8, 4) is 0 Å². The van der Waals surface area contributed by atoms with E-state index in [-0.39, 0.29) is 18.4 Å². The van der Waals surface area contributed by atoms with E-state index in [4.69, 9.17) is 0 Å². The third-order valence-electron chi connectivity index (χ3n) is 3.59. The number of rotatable bonds is 3. The number of hydrogen-bond acceptors (Lipinski definition) is 4. The molecule has 1 aliphatic heterocycles. The third-order valence-corrected chi connectivity index (χ3v) is 5.50. The average Bonchev–Trinajstić information content (AvgIpc) is 3.06. The highest BCUT2D eigenvalue weighted by atomic mass is 35.5. The molecule has 6 nitrogen and oxygen atoms in total. The van der Waals surface area contributed by atoms with Gasteiger partial charge in [0, 0.05) is 36.9 Å². The summed E-state index contributed by atoms with van der Waals surface area (Å²) < 4.78 is 26.8. The maximum Gasteiger partial charge on any atom is 0.245 e. The molecule has 1 atom stereocenters. The summed E-state index contributed by atoms with van der Waals surface area (Å²) in [5.41, 5.74) is 0.602. The van der Waals surface area contributed by atoms with Crippen molar-refractivity contribution in [3.05, 3.63) is 24.5 Å². The van der Waals surface area contributed by atoms with Crippen molar-refractivity contribution in [1.82, 2.24) is 19.6 Å². The number of hydrogen-bond donors (Lipinski definition) is 2. The molecule has 3 heterocycles. The molecular weight excluding hydrogens is 300 g/mol. The van der Waals surface area contributed by atoms with Crippen LogP contribution >= 0.6 is 12.4 Å². The SMILES string of the molecule is CNC1CCN(S(=O)(=O)c2c[nH]c3ncccc23)C1.Cl. The number of sulfonamides is 1. The number of nitrogens with one attached hydrogen (secondary N) is 2. The summed E-state index contributed by atoms with van der Waals surface area (Å²) in [6.07, 6.45) is 4.01. The minimum Gasteiger partial charge on any atom is -0.345 e. The highest BCUT2D eigenvalue weighted by molar-refractivity contribution is 7.89. The van der Waals surface area contributed by atoms with Gasteiger partial charge in [-0.3, -0.25) is 0 Å². The molecule has 0 radical (unpaired) electrons. The molecule has 20 heavy (non-hydrogen) atoms. The number of nitrogens with zero attached hydrogens (tertiary/aromatic N) is 2. The van der Waals surface area contributed by atoms with Gasteiger partial charge in [-0.1, -0.05) is 0 Å². The van der Waals surface area contributed by atoms with Gasteiger partial charge in [-0.05, 0) is 25.6 Å². The van der Waals surface area contributed by atoms with Crippen LogP contribution in [0.5, 0.6) is 0 Å². The first-order valence-corrected chi connectivity index (χ1v) is 7.66. The Morgan fingerprint density at radius 1 is 1.50 bits per heavy atom. The minimum atomic E-state index is -3.44. The second-order valence-electron chi connectivity index (χ2n) is 4.69. The lowest BCUT2D eigenvalue weighted by Gasteiger charge is -2.15. The van der Waals surface area contributed by atoms with Gasteiger partial charge in [0.05, 0.1) is 0 Å². The lowest BCUT2D eigenvalue weighted by Crippen LogP contribution is -2.33. The Kier molecular flexibility index (Phi) is 4.33. The predicted molar refractivity (Wildman–Crippen MR) is 79.6 cm³/mol. The van der Waals surface area contributed by atoms with Crippen LogP contribution in [0.4, 0.5) is 0 Å². The van der Waals surface area contributed by atoms with E-state index in [9.17, 15) is 8.42 Å². The van der Waals surface area contributed by atoms with Crippen LogP contribution < -0.4 is 5.32 Å². The Bertz CT molecular complexity index is 700. The van der Waals surface area contributed by atoms with E-state index in [1.807, 2.05) is 7.05 Å². The quantitative estimate of drug-likeness (QED) is 0.884. The van der Waals surface area contributed by atoms with Crippen LogP contribution in [-0.4, -0.2) is 48.9 Å². The standard InChI is InChI=1S/C12H16N4O2S.ClH/c1-13-9-4-6-16(8-9)19(17,18)11-7-15-12-10(11)3-2-5-14-12;/h2-3,5,7,9,13H,4,6,8H2,1H3,(H,14,15);1H. The van der Waals surface area contributed by atoms with Crippen molar-refractivity contribution in [1.29, 1.82) is 0 Å². The van der Waals surface area contributed by atoms with Gasteiger partial charge in [0.15, 0.2) is 0 Å². The zero-order valence-corrected chi connectivity index (χ0v) is 12.7. The Morgan fingerprint density at radius 2 is 2.30 bits per heavy atom. The van der Waals surface area contributed by atoms with Crippen molar-refractivity contribution in [2.75, 3.05) is 20.1 Å². The van der Waals surface area contributed by atoms with Crippen LogP contribution in [0.3, 0.4) is 0 Å². The van der Waals surface area contributed by atoms with E-state index >= 15 is 0 Å². The van der Waals surface area contributed by atoms with Crippen molar-refractivity contribution in [2.45, 2.75) is 17.4 Å². The summed E-state index contributed by atoms with van der Waals surface area (Å²) >= 11 is 0. The number of halogens is 1. The van der Waals surface area contributed by atoms with Gasteiger partial charge in [-0.15, -0.1) is 12.4 Å². The summed E-state index contributed by atoms with van der Waals surface area (Å²) in [6.45, 7) is 1.08. The number of H-pyrrole nitrogens is 1. The number of likely N-dealkylation sites (N-methyl/N-ethyl adjacent to an activating group) is 1. The molecular formula is C12H17ClN4O2S. The molecule has 1 saturated heterocycles. The highest BCUT2D eigenvalue weighted by Gasteiger charge is 2.33. The second kappa shape index (κ2) is 5.69. The van der Waals surface area contributed by atoms with Gasteiger partial charge in [-0.25, -0.2) is 13.4 Å². The summed E-state index contributed by atoms with van der Waals surface area (Å²) in [5, 5.41) is 3.77. The lowest BCUT2D eigenvalue weighted by atomic mass is 10.3. The van der Waals surface area contributed by atoms with Crippen molar-refractivity contribution < 1.29 is 8.42 Å². The summed E-state index contributed by atoms with van der Waals surface area (Å²) in [6, 6.07) is 3.76. The van der Waals surface area contributed by atoms with Gasteiger partial charge < -0.3 is 10.3 Å². The van der Waals surface area contributed by atoms with Crippen LogP contribution in [0.1, 0.15) is 6.42 Å². The lowest BCUT2D eigenvalue weighted by molar-refractivity contribution is 0.465. The molecule has 0 amide bonds. The Balaban J connectivity index is 0.00000147. The van der Waals surface area contributed by atoms with Crippen molar-refractivity contribution in [2.24, 2.45) is 0 Å². The Hall–Kier alpha value is -1.15. The predicted octanol–water partition coefficient (Wildman–Crippen LogP) is 0.967. The van der Waals surface area contributed by atoms with E-state index in [1.165, 1.54) is 10.5 Å². The number of aromatic amines is 1. The summed E-state index contributed by atoms with van der Waals surface area (Å²) in [4.78, 5) is 7.34. The van der Waals surface area contributed by atoms with Gasteiger partial charge in [0.2, 0.25) is 10.0 Å². The first-order valence-electron chi connectivity index (χ1n) is 6.22. The largest absolute Gasteiger partial charge is 0.345 e. The fraction of sp³-hybridized carbons (Fsp3) is 0.417. The third kappa shape index (κ3) is 2.42. The number of aromatic nitrogens is 2. The van der Waals surface area contributed by atoms with E-state index in [0.717, 1.165) is 6.42 Å². The summed E-state index contributed by atoms with van der Waals surface area (Å²) in [5.74, 6) is 0. The first-order chi connectivity index (χ1) is 9.13. The molecule has 0 aromatic carbocycles. The van der Waals surface area contributed by atoms with Gasteiger partial charge >= 0.3 is 0 Å². The number of pyridine rings is 1.